The molecule has 0 aliphatic rings. The van der Waals surface area contributed by atoms with Gasteiger partial charge in [0.25, 0.3) is 0 Å². The second-order valence-corrected chi connectivity index (χ2v) is 4.33. The van der Waals surface area contributed by atoms with Crippen LogP contribution in [0.25, 0.3) is 22.3 Å². The Balaban J connectivity index is 2.32. The minimum atomic E-state index is -0.252. The van der Waals surface area contributed by atoms with Crippen LogP contribution in [0, 0.1) is 0 Å². The lowest BCUT2D eigenvalue weighted by Crippen LogP contribution is -2.02. The Morgan fingerprint density at radius 3 is 2.55 bits per heavy atom. The van der Waals surface area contributed by atoms with Crippen LogP contribution in [0.2, 0.25) is 0 Å². The van der Waals surface area contributed by atoms with E-state index in [9.17, 15) is 9.90 Å². The lowest BCUT2D eigenvalue weighted by Gasteiger charge is -2.08. The van der Waals surface area contributed by atoms with Crippen molar-refractivity contribution in [3.8, 4) is 22.8 Å². The van der Waals surface area contributed by atoms with Gasteiger partial charge in [-0.25, -0.2) is 0 Å². The maximum Gasteiger partial charge on any atom is 0.197 e. The highest BCUT2D eigenvalue weighted by Crippen LogP contribution is 2.33. The van der Waals surface area contributed by atoms with E-state index in [0.29, 0.717) is 11.3 Å². The number of benzene rings is 2. The average Bonchev–Trinajstić information content (AvgIpc) is 2.48. The molecule has 0 unspecified atom stereocenters. The molecule has 2 aromatic carbocycles. The number of hydrogen-bond acceptors (Lipinski definition) is 4. The van der Waals surface area contributed by atoms with Crippen molar-refractivity contribution in [1.29, 1.82) is 0 Å². The highest BCUT2D eigenvalue weighted by atomic mass is 16.5. The van der Waals surface area contributed by atoms with Crippen LogP contribution < -0.4 is 10.2 Å². The van der Waals surface area contributed by atoms with E-state index in [1.54, 1.807) is 6.07 Å². The van der Waals surface area contributed by atoms with Crippen LogP contribution in [0.4, 0.5) is 0 Å². The van der Waals surface area contributed by atoms with Gasteiger partial charge in [-0.05, 0) is 12.1 Å². The quantitative estimate of drug-likeness (QED) is 0.775. The first kappa shape index (κ1) is 12.3. The second kappa shape index (κ2) is 4.74. The normalized spacial score (nSPS) is 10.7. The van der Waals surface area contributed by atoms with Gasteiger partial charge in [-0.2, -0.15) is 0 Å². The summed E-state index contributed by atoms with van der Waals surface area (Å²) in [5.41, 5.74) is 0.947. The average molecular weight is 268 g/mol. The van der Waals surface area contributed by atoms with Gasteiger partial charge in [0.1, 0.15) is 16.7 Å². The van der Waals surface area contributed by atoms with Crippen LogP contribution >= 0.6 is 0 Å². The van der Waals surface area contributed by atoms with Crippen LogP contribution in [-0.4, -0.2) is 12.2 Å². The Kier molecular flexibility index (Phi) is 2.91. The molecular weight excluding hydrogens is 256 g/mol. The molecular formula is C16H12O4. The van der Waals surface area contributed by atoms with E-state index in [0.717, 1.165) is 5.56 Å². The standard InChI is InChI=1S/C16H12O4/c1-19-16-11(17)7-8-13-15(16)12(18)9-14(20-13)10-5-3-2-4-6-10/h2-9,17H,1H3. The smallest absolute Gasteiger partial charge is 0.197 e. The Morgan fingerprint density at radius 1 is 1.10 bits per heavy atom. The van der Waals surface area contributed by atoms with Crippen LogP contribution in [0.3, 0.4) is 0 Å². The predicted molar refractivity (Wildman–Crippen MR) is 76.1 cm³/mol. The van der Waals surface area contributed by atoms with E-state index in [1.165, 1.54) is 19.2 Å². The molecule has 0 atom stereocenters. The lowest BCUT2D eigenvalue weighted by atomic mass is 10.1. The van der Waals surface area contributed by atoms with Crippen molar-refractivity contribution in [3.63, 3.8) is 0 Å². The zero-order chi connectivity index (χ0) is 14.1. The molecule has 0 saturated carbocycles. The zero-order valence-electron chi connectivity index (χ0n) is 10.8. The summed E-state index contributed by atoms with van der Waals surface area (Å²) in [6, 6.07) is 13.8. The summed E-state index contributed by atoms with van der Waals surface area (Å²) in [5, 5.41) is 9.96. The number of ether oxygens (including phenoxy) is 1. The molecule has 1 aromatic heterocycles. The van der Waals surface area contributed by atoms with Gasteiger partial charge in [-0.15, -0.1) is 0 Å². The third kappa shape index (κ3) is 1.91. The third-order valence-corrected chi connectivity index (χ3v) is 3.09. The van der Waals surface area contributed by atoms with Crippen molar-refractivity contribution in [1.82, 2.24) is 0 Å². The van der Waals surface area contributed by atoms with Crippen molar-refractivity contribution < 1.29 is 14.3 Å². The topological polar surface area (TPSA) is 59.7 Å². The molecule has 0 aliphatic heterocycles. The number of phenolic OH excluding ortho intramolecular Hbond substituents is 1. The van der Waals surface area contributed by atoms with Gasteiger partial charge in [0.05, 0.1) is 7.11 Å². The largest absolute Gasteiger partial charge is 0.504 e. The van der Waals surface area contributed by atoms with Crippen LogP contribution in [0.5, 0.6) is 11.5 Å². The van der Waals surface area contributed by atoms with Crippen molar-refractivity contribution >= 4 is 11.0 Å². The van der Waals surface area contributed by atoms with Crippen LogP contribution in [-0.2, 0) is 0 Å². The molecule has 100 valence electrons. The minimum absolute atomic E-state index is 0.0836. The summed E-state index contributed by atoms with van der Waals surface area (Å²) in [4.78, 5) is 12.3. The first-order valence-electron chi connectivity index (χ1n) is 6.10. The maximum absolute atomic E-state index is 12.3. The number of methoxy groups -OCH3 is 1. The van der Waals surface area contributed by atoms with Crippen LogP contribution in [0.1, 0.15) is 0 Å². The highest BCUT2D eigenvalue weighted by molar-refractivity contribution is 5.87. The van der Waals surface area contributed by atoms with Gasteiger partial charge in [-0.1, -0.05) is 30.3 Å². The third-order valence-electron chi connectivity index (χ3n) is 3.09. The van der Waals surface area contributed by atoms with Gasteiger partial charge >= 0.3 is 0 Å². The van der Waals surface area contributed by atoms with Crippen molar-refractivity contribution in [3.05, 3.63) is 58.8 Å². The molecule has 0 bridgehead atoms. The number of rotatable bonds is 2. The number of hydrogen-bond donors (Lipinski definition) is 1. The van der Waals surface area contributed by atoms with Crippen molar-refractivity contribution in [2.45, 2.75) is 0 Å². The molecule has 3 aromatic rings. The molecule has 4 heteroatoms. The van der Waals surface area contributed by atoms with Gasteiger partial charge in [0.2, 0.25) is 0 Å². The minimum Gasteiger partial charge on any atom is -0.504 e. The molecule has 0 aliphatic carbocycles. The fourth-order valence-electron chi connectivity index (χ4n) is 2.16. The van der Waals surface area contributed by atoms with E-state index in [1.807, 2.05) is 30.3 Å². The second-order valence-electron chi connectivity index (χ2n) is 4.33. The molecule has 3 rings (SSSR count). The number of fused-ring (bicyclic) bond motifs is 1. The zero-order valence-corrected chi connectivity index (χ0v) is 10.8. The predicted octanol–water partition coefficient (Wildman–Crippen LogP) is 3.17. The molecule has 1 heterocycles. The van der Waals surface area contributed by atoms with Gasteiger partial charge in [-0.3, -0.25) is 4.79 Å². The van der Waals surface area contributed by atoms with E-state index in [-0.39, 0.29) is 22.3 Å². The van der Waals surface area contributed by atoms with E-state index in [4.69, 9.17) is 9.15 Å². The van der Waals surface area contributed by atoms with E-state index >= 15 is 0 Å². The fraction of sp³-hybridized carbons (Fsp3) is 0.0625. The monoisotopic (exact) mass is 268 g/mol. The first-order valence-corrected chi connectivity index (χ1v) is 6.10. The molecule has 1 N–H and O–H groups in total. The Labute approximate surface area is 114 Å². The Bertz CT molecular complexity index is 819. The first-order chi connectivity index (χ1) is 9.70. The van der Waals surface area contributed by atoms with Gasteiger partial charge in [0, 0.05) is 11.6 Å². The molecule has 0 radical (unpaired) electrons. The van der Waals surface area contributed by atoms with Gasteiger partial charge < -0.3 is 14.3 Å². The molecule has 0 saturated heterocycles. The van der Waals surface area contributed by atoms with Crippen LogP contribution in [0.15, 0.2) is 57.7 Å². The maximum atomic E-state index is 12.3. The van der Waals surface area contributed by atoms with E-state index < -0.39 is 0 Å². The summed E-state index contributed by atoms with van der Waals surface area (Å²) < 4.78 is 10.8. The molecule has 20 heavy (non-hydrogen) atoms. The summed E-state index contributed by atoms with van der Waals surface area (Å²) in [6.45, 7) is 0. The summed E-state index contributed by atoms with van der Waals surface area (Å²) >= 11 is 0. The SMILES string of the molecule is COc1c(O)ccc2oc(-c3ccccc3)cc(=O)c12. The Morgan fingerprint density at radius 2 is 1.85 bits per heavy atom. The summed E-state index contributed by atoms with van der Waals surface area (Å²) in [5.74, 6) is 0.534. The van der Waals surface area contributed by atoms with Crippen molar-refractivity contribution in [2.24, 2.45) is 0 Å². The van der Waals surface area contributed by atoms with Gasteiger partial charge in [0.15, 0.2) is 16.9 Å². The molecule has 0 amide bonds. The number of aromatic hydroxyl groups is 1. The highest BCUT2D eigenvalue weighted by Gasteiger charge is 2.14. The lowest BCUT2D eigenvalue weighted by molar-refractivity contribution is 0.377. The van der Waals surface area contributed by atoms with E-state index in [2.05, 4.69) is 0 Å². The summed E-state index contributed by atoms with van der Waals surface area (Å²) in [7, 11) is 1.40. The molecule has 0 fully saturated rings. The molecule has 0 spiro atoms. The number of phenols is 1. The molecule has 4 nitrogen and oxygen atoms in total. The summed E-state index contributed by atoms with van der Waals surface area (Å²) in [6.07, 6.45) is 0. The Hall–Kier alpha value is -2.75. The fourth-order valence-corrected chi connectivity index (χ4v) is 2.16. The van der Waals surface area contributed by atoms with Crippen molar-refractivity contribution in [2.75, 3.05) is 7.11 Å².